The molecule has 0 aromatic heterocycles. The first kappa shape index (κ1) is 48.0. The monoisotopic (exact) mass is 765 g/mol. The zero-order valence-electron chi connectivity index (χ0n) is 34.7. The number of ketones is 3. The minimum Gasteiger partial charge on any atom is -0.481 e. The Balaban J connectivity index is 0.000000373. The van der Waals surface area contributed by atoms with Gasteiger partial charge >= 0.3 is 11.9 Å². The Labute approximate surface area is 326 Å². The summed E-state index contributed by atoms with van der Waals surface area (Å²) in [6.45, 7) is 12.4. The van der Waals surface area contributed by atoms with Crippen LogP contribution in [-0.2, 0) is 28.7 Å². The summed E-state index contributed by atoms with van der Waals surface area (Å²) in [4.78, 5) is 58.5. The Kier molecular flexibility index (Phi) is 20.6. The van der Waals surface area contributed by atoms with Crippen molar-refractivity contribution in [2.75, 3.05) is 0 Å². The molecule has 0 spiro atoms. The normalized spacial score (nSPS) is 27.0. The van der Waals surface area contributed by atoms with Crippen LogP contribution in [0.15, 0.2) is 0 Å². The van der Waals surface area contributed by atoms with Gasteiger partial charge in [0.2, 0.25) is 0 Å². The Bertz CT molecular complexity index is 1190. The molecule has 3 fully saturated rings. The fraction of sp³-hybridized carbons (Fsp3) is 0.886. The quantitative estimate of drug-likeness (QED) is 0.0656. The lowest BCUT2D eigenvalue weighted by Crippen LogP contribution is -2.53. The summed E-state index contributed by atoms with van der Waals surface area (Å²) < 4.78 is 6.20. The van der Waals surface area contributed by atoms with Crippen LogP contribution in [0, 0.1) is 34.5 Å². The fourth-order valence-corrected chi connectivity index (χ4v) is 9.04. The molecule has 0 amide bonds. The molecule has 0 bridgehead atoms. The van der Waals surface area contributed by atoms with Crippen LogP contribution < -0.4 is 0 Å². The van der Waals surface area contributed by atoms with Gasteiger partial charge in [0.05, 0.1) is 12.2 Å². The molecule has 2 aliphatic carbocycles. The maximum Gasteiger partial charge on any atom is 0.303 e. The van der Waals surface area contributed by atoms with Crippen LogP contribution >= 0.6 is 0 Å². The Hall–Kier alpha value is -2.17. The van der Waals surface area contributed by atoms with Gasteiger partial charge in [-0.1, -0.05) is 106 Å². The van der Waals surface area contributed by atoms with Crippen molar-refractivity contribution in [1.29, 1.82) is 0 Å². The van der Waals surface area contributed by atoms with Crippen molar-refractivity contribution in [2.24, 2.45) is 34.5 Å². The minimum atomic E-state index is -1.13. The van der Waals surface area contributed by atoms with Crippen molar-refractivity contribution >= 4 is 29.3 Å². The van der Waals surface area contributed by atoms with E-state index in [1.54, 1.807) is 0 Å². The highest BCUT2D eigenvalue weighted by atomic mass is 16.6. The maximum atomic E-state index is 12.6. The molecule has 0 aromatic rings. The smallest absolute Gasteiger partial charge is 0.303 e. The molecule has 54 heavy (non-hydrogen) atoms. The molecule has 0 radical (unpaired) electrons. The number of fused-ring (bicyclic) bond motifs is 1. The standard InChI is InChI=1S/2C22H38O5/c1-4-5-13-21(2,3)22(26)14-12-17-16(18(23)15-19(17)27-22)10-8-6-7-9-11-20(24)25;1-4-5-14-22(2,3)20(25)13-12-17-16(18(23)15-19(17)24)10-8-6-7-9-11-21(26)27/h16-17,19,26H,4-15H2,1-3H3,(H,24,25);16-17,19,24H,4-15H2,1-3H3,(H,26,27)/t16-,17-,19-,22?;16-,17-,19-/m11/s1. The molecule has 7 atom stereocenters. The van der Waals surface area contributed by atoms with Crippen molar-refractivity contribution < 1.29 is 49.1 Å². The van der Waals surface area contributed by atoms with Gasteiger partial charge in [-0.2, -0.15) is 0 Å². The van der Waals surface area contributed by atoms with Crippen molar-refractivity contribution in [3.8, 4) is 0 Å². The molecule has 10 nitrogen and oxygen atoms in total. The molecule has 1 unspecified atom stereocenters. The van der Waals surface area contributed by atoms with E-state index in [4.69, 9.17) is 14.9 Å². The van der Waals surface area contributed by atoms with E-state index in [1.165, 1.54) is 0 Å². The van der Waals surface area contributed by atoms with Crippen LogP contribution in [0.2, 0.25) is 0 Å². The van der Waals surface area contributed by atoms with E-state index in [2.05, 4.69) is 27.7 Å². The van der Waals surface area contributed by atoms with E-state index in [-0.39, 0.29) is 77.2 Å². The topological polar surface area (TPSA) is 175 Å². The van der Waals surface area contributed by atoms with Crippen molar-refractivity contribution in [2.45, 2.75) is 214 Å². The number of Topliss-reactive ketones (excluding diaryl/α,β-unsaturated/α-hetero) is 3. The van der Waals surface area contributed by atoms with Crippen LogP contribution in [-0.4, -0.2) is 67.7 Å². The van der Waals surface area contributed by atoms with Gasteiger partial charge in [0, 0.05) is 61.2 Å². The van der Waals surface area contributed by atoms with E-state index in [0.29, 0.717) is 38.5 Å². The summed E-state index contributed by atoms with van der Waals surface area (Å²) in [5, 5.41) is 38.8. The van der Waals surface area contributed by atoms with Gasteiger partial charge in [-0.05, 0) is 63.2 Å². The summed E-state index contributed by atoms with van der Waals surface area (Å²) in [6, 6.07) is 0. The largest absolute Gasteiger partial charge is 0.481 e. The van der Waals surface area contributed by atoms with Crippen LogP contribution in [0.25, 0.3) is 0 Å². The second-order valence-electron chi connectivity index (χ2n) is 18.1. The zero-order chi connectivity index (χ0) is 40.5. The number of carboxylic acid groups (broad SMARTS) is 2. The van der Waals surface area contributed by atoms with Gasteiger partial charge in [0.25, 0.3) is 0 Å². The van der Waals surface area contributed by atoms with E-state index in [9.17, 15) is 34.2 Å². The second-order valence-corrected chi connectivity index (χ2v) is 18.1. The molecule has 1 saturated heterocycles. The van der Waals surface area contributed by atoms with Crippen LogP contribution in [0.3, 0.4) is 0 Å². The van der Waals surface area contributed by atoms with Crippen molar-refractivity contribution in [3.63, 3.8) is 0 Å². The van der Waals surface area contributed by atoms with Gasteiger partial charge < -0.3 is 25.2 Å². The Morgan fingerprint density at radius 3 is 1.78 bits per heavy atom. The van der Waals surface area contributed by atoms with Gasteiger partial charge in [0.15, 0.2) is 5.79 Å². The summed E-state index contributed by atoms with van der Waals surface area (Å²) >= 11 is 0. The zero-order valence-corrected chi connectivity index (χ0v) is 34.7. The lowest BCUT2D eigenvalue weighted by molar-refractivity contribution is -0.316. The molecule has 3 aliphatic rings. The highest BCUT2D eigenvalue weighted by molar-refractivity contribution is 5.86. The average Bonchev–Trinajstić information content (AvgIpc) is 3.55. The first-order chi connectivity index (χ1) is 25.4. The summed E-state index contributed by atoms with van der Waals surface area (Å²) in [5.41, 5.74) is -0.636. The van der Waals surface area contributed by atoms with Crippen LogP contribution in [0.1, 0.15) is 196 Å². The molecule has 312 valence electrons. The number of rotatable bonds is 25. The maximum absolute atomic E-state index is 12.6. The Morgan fingerprint density at radius 2 is 1.22 bits per heavy atom. The molecule has 0 aromatic carbocycles. The number of hydrogen-bond acceptors (Lipinski definition) is 8. The third-order valence-corrected chi connectivity index (χ3v) is 12.9. The number of aliphatic hydroxyl groups is 2. The van der Waals surface area contributed by atoms with Crippen molar-refractivity contribution in [1.82, 2.24) is 0 Å². The van der Waals surface area contributed by atoms with Gasteiger partial charge in [-0.15, -0.1) is 0 Å². The molecule has 1 heterocycles. The molecular formula is C44H76O10. The van der Waals surface area contributed by atoms with Crippen molar-refractivity contribution in [3.05, 3.63) is 0 Å². The Morgan fingerprint density at radius 1 is 0.704 bits per heavy atom. The highest BCUT2D eigenvalue weighted by Crippen LogP contribution is 2.50. The minimum absolute atomic E-state index is 0.0535. The number of aliphatic carboxylic acids is 2. The van der Waals surface area contributed by atoms with Gasteiger partial charge in [-0.3, -0.25) is 24.0 Å². The van der Waals surface area contributed by atoms with E-state index in [0.717, 1.165) is 96.3 Å². The molecule has 10 heteroatoms. The number of ether oxygens (including phenoxy) is 1. The predicted molar refractivity (Wildman–Crippen MR) is 210 cm³/mol. The molecular weight excluding hydrogens is 688 g/mol. The first-order valence-corrected chi connectivity index (χ1v) is 21.5. The SMILES string of the molecule is CCCCC(C)(C)C(=O)CC[C@H]1[C@H](O)CC(=O)[C@@H]1CCCCCCC(=O)O.CCCCC(C)(C)C1(O)CC[C@H]2[C@@H](CC(=O)[C@@H]2CCCCCCC(=O)O)O1. The van der Waals surface area contributed by atoms with E-state index >= 15 is 0 Å². The molecule has 1 aliphatic heterocycles. The number of carbonyl (C=O) groups is 5. The third-order valence-electron chi connectivity index (χ3n) is 12.9. The number of unbranched alkanes of at least 4 members (excludes halogenated alkanes) is 8. The molecule has 2 saturated carbocycles. The highest BCUT2D eigenvalue weighted by Gasteiger charge is 2.54. The average molecular weight is 765 g/mol. The van der Waals surface area contributed by atoms with Crippen LogP contribution in [0.5, 0.6) is 0 Å². The summed E-state index contributed by atoms with van der Waals surface area (Å²) in [7, 11) is 0. The fourth-order valence-electron chi connectivity index (χ4n) is 9.04. The number of carbonyl (C=O) groups excluding carboxylic acids is 3. The predicted octanol–water partition coefficient (Wildman–Crippen LogP) is 9.24. The van der Waals surface area contributed by atoms with E-state index in [1.807, 2.05) is 13.8 Å². The van der Waals surface area contributed by atoms with Gasteiger partial charge in [-0.25, -0.2) is 0 Å². The second kappa shape index (κ2) is 23.2. The van der Waals surface area contributed by atoms with E-state index < -0.39 is 23.8 Å². The number of hydrogen-bond donors (Lipinski definition) is 4. The first-order valence-electron chi connectivity index (χ1n) is 21.5. The molecule has 4 N–H and O–H groups in total. The third kappa shape index (κ3) is 15.1. The van der Waals surface area contributed by atoms with Gasteiger partial charge in [0.1, 0.15) is 17.3 Å². The molecule has 3 rings (SSSR count). The lowest BCUT2D eigenvalue weighted by Gasteiger charge is -2.48. The van der Waals surface area contributed by atoms with Crippen LogP contribution in [0.4, 0.5) is 0 Å². The lowest BCUT2D eigenvalue weighted by atomic mass is 9.72. The summed E-state index contributed by atoms with van der Waals surface area (Å²) in [5.74, 6) is -1.97. The number of aliphatic hydroxyl groups excluding tert-OH is 1. The number of carboxylic acids is 2. The summed E-state index contributed by atoms with van der Waals surface area (Å²) in [6.07, 6.45) is 17.3.